The standard InChI is InChI=1S/C21H30N2O3/c1-21(2,3)19-12-22-20(26-19)15-23(14-17-9-7-11-25-17)13-16-8-5-6-10-18(16)24-4/h5-6,8,10,12,17H,7,9,11,13-15H2,1-4H3/t17-/m0/s1. The van der Waals surface area contributed by atoms with Gasteiger partial charge in [-0.15, -0.1) is 0 Å². The van der Waals surface area contributed by atoms with E-state index in [1.54, 1.807) is 7.11 Å². The molecule has 0 radical (unpaired) electrons. The van der Waals surface area contributed by atoms with E-state index in [-0.39, 0.29) is 11.5 Å². The molecule has 1 atom stereocenters. The lowest BCUT2D eigenvalue weighted by molar-refractivity contribution is 0.0642. The Kier molecular flexibility index (Phi) is 5.99. The molecule has 0 spiro atoms. The Morgan fingerprint density at radius 1 is 1.23 bits per heavy atom. The van der Waals surface area contributed by atoms with Crippen molar-refractivity contribution in [3.63, 3.8) is 0 Å². The van der Waals surface area contributed by atoms with E-state index in [0.717, 1.165) is 55.5 Å². The minimum atomic E-state index is -0.0344. The zero-order chi connectivity index (χ0) is 18.6. The predicted octanol–water partition coefficient (Wildman–Crippen LogP) is 4.16. The van der Waals surface area contributed by atoms with Gasteiger partial charge in [0.05, 0.1) is 26.0 Å². The molecule has 0 saturated carbocycles. The first kappa shape index (κ1) is 18.9. The lowest BCUT2D eigenvalue weighted by Crippen LogP contribution is -2.31. The third-order valence-corrected chi connectivity index (χ3v) is 4.72. The largest absolute Gasteiger partial charge is 0.496 e. The number of nitrogens with zero attached hydrogens (tertiary/aromatic N) is 2. The first-order valence-corrected chi connectivity index (χ1v) is 9.37. The van der Waals surface area contributed by atoms with Crippen molar-refractivity contribution in [3.05, 3.63) is 47.7 Å². The van der Waals surface area contributed by atoms with Crippen LogP contribution in [-0.2, 0) is 23.2 Å². The normalized spacial score (nSPS) is 17.8. The SMILES string of the molecule is COc1ccccc1CN(Cc1ncc(C(C)(C)C)o1)C[C@@H]1CCCO1. The van der Waals surface area contributed by atoms with E-state index in [1.165, 1.54) is 0 Å². The van der Waals surface area contributed by atoms with E-state index < -0.39 is 0 Å². The van der Waals surface area contributed by atoms with Gasteiger partial charge in [0, 0.05) is 30.7 Å². The summed E-state index contributed by atoms with van der Waals surface area (Å²) in [5, 5.41) is 0. The summed E-state index contributed by atoms with van der Waals surface area (Å²) in [6.07, 6.45) is 4.38. The van der Waals surface area contributed by atoms with Gasteiger partial charge in [0.1, 0.15) is 11.5 Å². The van der Waals surface area contributed by atoms with Crippen molar-refractivity contribution in [3.8, 4) is 5.75 Å². The minimum Gasteiger partial charge on any atom is -0.496 e. The molecule has 1 saturated heterocycles. The van der Waals surface area contributed by atoms with Crippen LogP contribution in [0.4, 0.5) is 0 Å². The molecule has 0 bridgehead atoms. The molecule has 1 aliphatic rings. The number of para-hydroxylation sites is 1. The van der Waals surface area contributed by atoms with Crippen LogP contribution in [0.2, 0.25) is 0 Å². The van der Waals surface area contributed by atoms with Crippen LogP contribution in [0, 0.1) is 0 Å². The van der Waals surface area contributed by atoms with E-state index >= 15 is 0 Å². The number of rotatable bonds is 7. The Morgan fingerprint density at radius 2 is 2.04 bits per heavy atom. The maximum absolute atomic E-state index is 6.01. The monoisotopic (exact) mass is 358 g/mol. The molecule has 0 N–H and O–H groups in total. The summed E-state index contributed by atoms with van der Waals surface area (Å²) in [6, 6.07) is 8.15. The smallest absolute Gasteiger partial charge is 0.208 e. The summed E-state index contributed by atoms with van der Waals surface area (Å²) in [6.45, 7) is 9.57. The second kappa shape index (κ2) is 8.23. The highest BCUT2D eigenvalue weighted by Gasteiger charge is 2.23. The van der Waals surface area contributed by atoms with E-state index in [2.05, 4.69) is 36.7 Å². The van der Waals surface area contributed by atoms with Crippen LogP contribution in [0.3, 0.4) is 0 Å². The molecule has 5 nitrogen and oxygen atoms in total. The van der Waals surface area contributed by atoms with Crippen LogP contribution in [0.5, 0.6) is 5.75 Å². The van der Waals surface area contributed by atoms with Crippen LogP contribution in [-0.4, -0.2) is 36.2 Å². The Labute approximate surface area is 156 Å². The number of aromatic nitrogens is 1. The maximum atomic E-state index is 6.01. The molecule has 26 heavy (non-hydrogen) atoms. The molecule has 2 heterocycles. The van der Waals surface area contributed by atoms with Gasteiger partial charge in [0.15, 0.2) is 0 Å². The summed E-state index contributed by atoms with van der Waals surface area (Å²) in [7, 11) is 1.72. The zero-order valence-electron chi connectivity index (χ0n) is 16.3. The zero-order valence-corrected chi connectivity index (χ0v) is 16.3. The number of ether oxygens (including phenoxy) is 2. The second-order valence-corrected chi connectivity index (χ2v) is 7.98. The number of hydrogen-bond donors (Lipinski definition) is 0. The van der Waals surface area contributed by atoms with Crippen LogP contribution in [0.25, 0.3) is 0 Å². The van der Waals surface area contributed by atoms with Crippen LogP contribution >= 0.6 is 0 Å². The lowest BCUT2D eigenvalue weighted by Gasteiger charge is -2.25. The fourth-order valence-electron chi connectivity index (χ4n) is 3.26. The Morgan fingerprint density at radius 3 is 2.69 bits per heavy atom. The van der Waals surface area contributed by atoms with E-state index in [0.29, 0.717) is 6.54 Å². The van der Waals surface area contributed by atoms with Gasteiger partial charge in [-0.2, -0.15) is 0 Å². The molecular weight excluding hydrogens is 328 g/mol. The molecular formula is C21H30N2O3. The molecule has 1 aromatic carbocycles. The first-order valence-electron chi connectivity index (χ1n) is 9.37. The van der Waals surface area contributed by atoms with E-state index in [4.69, 9.17) is 13.9 Å². The van der Waals surface area contributed by atoms with Crippen molar-refractivity contribution in [2.75, 3.05) is 20.3 Å². The van der Waals surface area contributed by atoms with Gasteiger partial charge in [-0.1, -0.05) is 39.0 Å². The Bertz CT molecular complexity index is 699. The fraction of sp³-hybridized carbons (Fsp3) is 0.571. The highest BCUT2D eigenvalue weighted by molar-refractivity contribution is 5.33. The van der Waals surface area contributed by atoms with Gasteiger partial charge in [-0.3, -0.25) is 4.90 Å². The van der Waals surface area contributed by atoms with Gasteiger partial charge in [-0.05, 0) is 18.9 Å². The third kappa shape index (κ3) is 4.86. The average molecular weight is 358 g/mol. The molecule has 0 unspecified atom stereocenters. The molecule has 5 heteroatoms. The molecule has 1 fully saturated rings. The number of oxazole rings is 1. The van der Waals surface area contributed by atoms with Gasteiger partial charge in [0.25, 0.3) is 0 Å². The van der Waals surface area contributed by atoms with Crippen molar-refractivity contribution in [1.82, 2.24) is 9.88 Å². The van der Waals surface area contributed by atoms with Gasteiger partial charge < -0.3 is 13.9 Å². The average Bonchev–Trinajstić information content (AvgIpc) is 3.27. The molecule has 2 aromatic rings. The summed E-state index contributed by atoms with van der Waals surface area (Å²) >= 11 is 0. The number of benzene rings is 1. The minimum absolute atomic E-state index is 0.0344. The topological polar surface area (TPSA) is 47.7 Å². The van der Waals surface area contributed by atoms with Gasteiger partial charge in [-0.25, -0.2) is 4.98 Å². The lowest BCUT2D eigenvalue weighted by atomic mass is 9.94. The van der Waals surface area contributed by atoms with Crippen molar-refractivity contribution in [2.24, 2.45) is 0 Å². The molecule has 1 aliphatic heterocycles. The highest BCUT2D eigenvalue weighted by Crippen LogP contribution is 2.25. The van der Waals surface area contributed by atoms with Crippen molar-refractivity contribution >= 4 is 0 Å². The van der Waals surface area contributed by atoms with Crippen molar-refractivity contribution < 1.29 is 13.9 Å². The number of methoxy groups -OCH3 is 1. The van der Waals surface area contributed by atoms with Crippen molar-refractivity contribution in [2.45, 2.75) is 58.2 Å². The summed E-state index contributed by atoms with van der Waals surface area (Å²) in [4.78, 5) is 6.84. The molecule has 0 aliphatic carbocycles. The van der Waals surface area contributed by atoms with Crippen LogP contribution in [0.1, 0.15) is 50.8 Å². The summed E-state index contributed by atoms with van der Waals surface area (Å²) in [5.74, 6) is 2.58. The van der Waals surface area contributed by atoms with Crippen molar-refractivity contribution in [1.29, 1.82) is 0 Å². The number of hydrogen-bond acceptors (Lipinski definition) is 5. The summed E-state index contributed by atoms with van der Waals surface area (Å²) in [5.41, 5.74) is 1.13. The van der Waals surface area contributed by atoms with Gasteiger partial charge >= 0.3 is 0 Å². The quantitative estimate of drug-likeness (QED) is 0.744. The van der Waals surface area contributed by atoms with Gasteiger partial charge in [0.2, 0.25) is 5.89 Å². The molecule has 0 amide bonds. The Hall–Kier alpha value is -1.85. The first-order chi connectivity index (χ1) is 12.5. The maximum Gasteiger partial charge on any atom is 0.208 e. The van der Waals surface area contributed by atoms with Crippen LogP contribution < -0.4 is 4.74 Å². The van der Waals surface area contributed by atoms with E-state index in [1.807, 2.05) is 24.4 Å². The Balaban J connectivity index is 1.75. The molecule has 3 rings (SSSR count). The summed E-state index contributed by atoms with van der Waals surface area (Å²) < 4.78 is 17.4. The molecule has 142 valence electrons. The van der Waals surface area contributed by atoms with Crippen LogP contribution in [0.15, 0.2) is 34.9 Å². The molecule has 1 aromatic heterocycles. The third-order valence-electron chi connectivity index (χ3n) is 4.72. The second-order valence-electron chi connectivity index (χ2n) is 7.98. The fourth-order valence-corrected chi connectivity index (χ4v) is 3.26. The van der Waals surface area contributed by atoms with E-state index in [9.17, 15) is 0 Å². The highest BCUT2D eigenvalue weighted by atomic mass is 16.5. The predicted molar refractivity (Wildman–Crippen MR) is 101 cm³/mol.